The molecule has 1 heterocycles. The standard InChI is InChI=1S/C19H23NO/c1-16-12-19(21-15-18-10-6-3-7-11-18)14-20(16)13-17-8-4-2-5-9-17/h2-11,16,19H,12-15H2,1H3. The van der Waals surface area contributed by atoms with Gasteiger partial charge in [0.2, 0.25) is 0 Å². The van der Waals surface area contributed by atoms with E-state index in [4.69, 9.17) is 4.74 Å². The average molecular weight is 281 g/mol. The lowest BCUT2D eigenvalue weighted by Crippen LogP contribution is -2.27. The number of rotatable bonds is 5. The molecule has 0 amide bonds. The van der Waals surface area contributed by atoms with Gasteiger partial charge in [0.25, 0.3) is 0 Å². The molecule has 0 bridgehead atoms. The van der Waals surface area contributed by atoms with Gasteiger partial charge in [-0.2, -0.15) is 0 Å². The van der Waals surface area contributed by atoms with Crippen LogP contribution in [0.1, 0.15) is 24.5 Å². The van der Waals surface area contributed by atoms with Gasteiger partial charge in [-0.05, 0) is 24.5 Å². The summed E-state index contributed by atoms with van der Waals surface area (Å²) in [6.07, 6.45) is 1.48. The minimum atomic E-state index is 0.351. The number of ether oxygens (including phenoxy) is 1. The van der Waals surface area contributed by atoms with Crippen LogP contribution in [0.2, 0.25) is 0 Å². The molecule has 0 spiro atoms. The molecule has 0 aliphatic carbocycles. The van der Waals surface area contributed by atoms with Gasteiger partial charge in [-0.25, -0.2) is 0 Å². The van der Waals surface area contributed by atoms with E-state index >= 15 is 0 Å². The highest BCUT2D eigenvalue weighted by Gasteiger charge is 2.29. The van der Waals surface area contributed by atoms with Crippen LogP contribution in [-0.2, 0) is 17.9 Å². The van der Waals surface area contributed by atoms with E-state index < -0.39 is 0 Å². The molecular weight excluding hydrogens is 258 g/mol. The lowest BCUT2D eigenvalue weighted by atomic mass is 10.2. The van der Waals surface area contributed by atoms with E-state index in [9.17, 15) is 0 Å². The van der Waals surface area contributed by atoms with Crippen molar-refractivity contribution in [1.82, 2.24) is 4.90 Å². The Hall–Kier alpha value is -1.64. The molecule has 2 aromatic carbocycles. The van der Waals surface area contributed by atoms with E-state index in [1.54, 1.807) is 0 Å². The number of hydrogen-bond acceptors (Lipinski definition) is 2. The predicted octanol–water partition coefficient (Wildman–Crippen LogP) is 3.87. The SMILES string of the molecule is CC1CC(OCc2ccccc2)CN1Cc1ccccc1. The second-order valence-electron chi connectivity index (χ2n) is 5.92. The Morgan fingerprint density at radius 1 is 0.952 bits per heavy atom. The molecule has 2 unspecified atom stereocenters. The molecule has 0 N–H and O–H groups in total. The fraction of sp³-hybridized carbons (Fsp3) is 0.368. The molecule has 2 nitrogen and oxygen atoms in total. The third kappa shape index (κ3) is 3.93. The Bertz CT molecular complexity index is 540. The number of nitrogens with zero attached hydrogens (tertiary/aromatic N) is 1. The summed E-state index contributed by atoms with van der Waals surface area (Å²) < 4.78 is 6.09. The lowest BCUT2D eigenvalue weighted by molar-refractivity contribution is 0.0461. The molecule has 3 rings (SSSR count). The summed E-state index contributed by atoms with van der Waals surface area (Å²) in [6, 6.07) is 21.7. The summed E-state index contributed by atoms with van der Waals surface area (Å²) in [6.45, 7) is 5.07. The van der Waals surface area contributed by atoms with Crippen LogP contribution in [0.25, 0.3) is 0 Å². The van der Waals surface area contributed by atoms with Gasteiger partial charge in [-0.3, -0.25) is 4.90 Å². The van der Waals surface area contributed by atoms with Crippen LogP contribution in [-0.4, -0.2) is 23.6 Å². The second-order valence-corrected chi connectivity index (χ2v) is 5.92. The number of benzene rings is 2. The van der Waals surface area contributed by atoms with E-state index in [1.165, 1.54) is 11.1 Å². The Kier molecular flexibility index (Phi) is 4.69. The summed E-state index contributed by atoms with van der Waals surface area (Å²) >= 11 is 0. The molecule has 0 aromatic heterocycles. The monoisotopic (exact) mass is 281 g/mol. The quantitative estimate of drug-likeness (QED) is 0.825. The molecule has 2 aromatic rings. The van der Waals surface area contributed by atoms with Gasteiger partial charge >= 0.3 is 0 Å². The zero-order valence-electron chi connectivity index (χ0n) is 12.6. The van der Waals surface area contributed by atoms with Crippen molar-refractivity contribution in [1.29, 1.82) is 0 Å². The number of hydrogen-bond donors (Lipinski definition) is 0. The van der Waals surface area contributed by atoms with Crippen LogP contribution in [0.4, 0.5) is 0 Å². The van der Waals surface area contributed by atoms with Gasteiger partial charge in [0, 0.05) is 19.1 Å². The summed E-state index contributed by atoms with van der Waals surface area (Å²) in [5.74, 6) is 0. The Balaban J connectivity index is 1.51. The maximum atomic E-state index is 6.09. The van der Waals surface area contributed by atoms with E-state index in [0.29, 0.717) is 12.1 Å². The van der Waals surface area contributed by atoms with Crippen molar-refractivity contribution in [2.45, 2.75) is 38.6 Å². The van der Waals surface area contributed by atoms with Crippen molar-refractivity contribution in [2.75, 3.05) is 6.54 Å². The Morgan fingerprint density at radius 2 is 1.57 bits per heavy atom. The highest BCUT2D eigenvalue weighted by molar-refractivity contribution is 5.15. The minimum Gasteiger partial charge on any atom is -0.372 e. The van der Waals surface area contributed by atoms with Gasteiger partial charge in [-0.1, -0.05) is 60.7 Å². The smallest absolute Gasteiger partial charge is 0.0721 e. The maximum absolute atomic E-state index is 6.09. The van der Waals surface area contributed by atoms with Crippen LogP contribution < -0.4 is 0 Å². The molecule has 2 heteroatoms. The van der Waals surface area contributed by atoms with Gasteiger partial charge in [-0.15, -0.1) is 0 Å². The first-order valence-electron chi connectivity index (χ1n) is 7.75. The van der Waals surface area contributed by atoms with Crippen molar-refractivity contribution in [3.05, 3.63) is 71.8 Å². The zero-order chi connectivity index (χ0) is 14.5. The van der Waals surface area contributed by atoms with Crippen molar-refractivity contribution in [3.63, 3.8) is 0 Å². The summed E-state index contributed by atoms with van der Waals surface area (Å²) in [5.41, 5.74) is 2.64. The minimum absolute atomic E-state index is 0.351. The molecule has 1 aliphatic rings. The highest BCUT2D eigenvalue weighted by atomic mass is 16.5. The molecular formula is C19H23NO. The van der Waals surface area contributed by atoms with E-state index in [2.05, 4.69) is 66.4 Å². The van der Waals surface area contributed by atoms with Crippen molar-refractivity contribution < 1.29 is 4.74 Å². The van der Waals surface area contributed by atoms with Crippen LogP contribution in [0.5, 0.6) is 0 Å². The Morgan fingerprint density at radius 3 is 2.24 bits per heavy atom. The number of likely N-dealkylation sites (tertiary alicyclic amines) is 1. The first-order valence-corrected chi connectivity index (χ1v) is 7.75. The fourth-order valence-electron chi connectivity index (χ4n) is 2.99. The molecule has 0 saturated carbocycles. The first kappa shape index (κ1) is 14.3. The topological polar surface area (TPSA) is 12.5 Å². The largest absolute Gasteiger partial charge is 0.372 e. The molecule has 0 radical (unpaired) electrons. The highest BCUT2D eigenvalue weighted by Crippen LogP contribution is 2.23. The van der Waals surface area contributed by atoms with E-state index in [1.807, 2.05) is 6.07 Å². The van der Waals surface area contributed by atoms with Crippen molar-refractivity contribution in [3.8, 4) is 0 Å². The summed E-state index contributed by atoms with van der Waals surface area (Å²) in [4.78, 5) is 2.52. The van der Waals surface area contributed by atoms with Crippen LogP contribution in [0.3, 0.4) is 0 Å². The third-order valence-electron chi connectivity index (χ3n) is 4.22. The molecule has 110 valence electrons. The first-order chi connectivity index (χ1) is 10.3. The molecule has 1 saturated heterocycles. The second kappa shape index (κ2) is 6.88. The molecule has 1 fully saturated rings. The average Bonchev–Trinajstić information content (AvgIpc) is 2.87. The van der Waals surface area contributed by atoms with Gasteiger partial charge in [0.15, 0.2) is 0 Å². The fourth-order valence-corrected chi connectivity index (χ4v) is 2.99. The maximum Gasteiger partial charge on any atom is 0.0721 e. The summed E-state index contributed by atoms with van der Waals surface area (Å²) in [7, 11) is 0. The normalized spacial score (nSPS) is 22.5. The van der Waals surface area contributed by atoms with E-state index in [-0.39, 0.29) is 0 Å². The van der Waals surface area contributed by atoms with Gasteiger partial charge < -0.3 is 4.74 Å². The van der Waals surface area contributed by atoms with Gasteiger partial charge in [0.1, 0.15) is 0 Å². The Labute approximate surface area is 127 Å². The molecule has 1 aliphatic heterocycles. The molecule has 21 heavy (non-hydrogen) atoms. The van der Waals surface area contributed by atoms with Crippen molar-refractivity contribution >= 4 is 0 Å². The van der Waals surface area contributed by atoms with Crippen LogP contribution in [0.15, 0.2) is 60.7 Å². The van der Waals surface area contributed by atoms with Crippen LogP contribution >= 0.6 is 0 Å². The zero-order valence-corrected chi connectivity index (χ0v) is 12.6. The third-order valence-corrected chi connectivity index (χ3v) is 4.22. The van der Waals surface area contributed by atoms with Crippen molar-refractivity contribution in [2.24, 2.45) is 0 Å². The van der Waals surface area contributed by atoms with E-state index in [0.717, 1.165) is 26.1 Å². The summed E-state index contributed by atoms with van der Waals surface area (Å²) in [5, 5.41) is 0. The van der Waals surface area contributed by atoms with Crippen LogP contribution in [0, 0.1) is 0 Å². The lowest BCUT2D eigenvalue weighted by Gasteiger charge is -2.20. The predicted molar refractivity (Wildman–Crippen MR) is 86.0 cm³/mol. The van der Waals surface area contributed by atoms with Gasteiger partial charge in [0.05, 0.1) is 12.7 Å². The molecule has 2 atom stereocenters.